The van der Waals surface area contributed by atoms with Gasteiger partial charge in [0, 0.05) is 37.6 Å². The largest absolute Gasteiger partial charge is 0.338 e. The Morgan fingerprint density at radius 2 is 1.83 bits per heavy atom. The Labute approximate surface area is 173 Å². The van der Waals surface area contributed by atoms with Crippen LogP contribution in [0.5, 0.6) is 0 Å². The van der Waals surface area contributed by atoms with Crippen molar-refractivity contribution in [2.24, 2.45) is 11.8 Å². The molecule has 0 amide bonds. The first kappa shape index (κ1) is 17.9. The summed E-state index contributed by atoms with van der Waals surface area (Å²) in [7, 11) is 0. The minimum atomic E-state index is 0.521. The molecular formula is C24H32N4O. The summed E-state index contributed by atoms with van der Waals surface area (Å²) in [5.74, 6) is 3.72. The first-order valence-electron chi connectivity index (χ1n) is 11.7. The molecular weight excluding hydrogens is 360 g/mol. The molecule has 2 bridgehead atoms. The molecule has 5 nitrogen and oxygen atoms in total. The van der Waals surface area contributed by atoms with E-state index < -0.39 is 0 Å². The number of fused-ring (bicyclic) bond motifs is 4. The number of hydrogen-bond donors (Lipinski definition) is 0. The standard InChI is InChI=1S/C24H32N4O/c1-2-6-17(7-3-1)13-21-10-5-11-22-20-12-18(15-28(21)22)14-27(16-20)24-25-23(29-26-24)19-8-4-9-19/h1-3,6-7,18-22H,4-5,8-16H2/t18-,20+,21+,22-/m0/s1. The third kappa shape index (κ3) is 3.37. The van der Waals surface area contributed by atoms with E-state index in [4.69, 9.17) is 9.51 Å². The van der Waals surface area contributed by atoms with Gasteiger partial charge in [-0.2, -0.15) is 4.98 Å². The van der Waals surface area contributed by atoms with Gasteiger partial charge in [0.2, 0.25) is 5.89 Å². The molecule has 0 N–H and O–H groups in total. The number of anilines is 1. The third-order valence-corrected chi connectivity index (χ3v) is 8.00. The first-order chi connectivity index (χ1) is 14.3. The van der Waals surface area contributed by atoms with E-state index in [1.54, 1.807) is 0 Å². The molecule has 154 valence electrons. The van der Waals surface area contributed by atoms with Gasteiger partial charge in [-0.05, 0) is 61.1 Å². The molecule has 1 saturated carbocycles. The summed E-state index contributed by atoms with van der Waals surface area (Å²) in [6.07, 6.45) is 10.4. The van der Waals surface area contributed by atoms with Crippen LogP contribution in [0.1, 0.15) is 62.3 Å². The van der Waals surface area contributed by atoms with Crippen LogP contribution in [0.3, 0.4) is 0 Å². The molecule has 4 heterocycles. The zero-order chi connectivity index (χ0) is 19.2. The number of nitrogens with zero attached hydrogens (tertiary/aromatic N) is 4. The summed E-state index contributed by atoms with van der Waals surface area (Å²) in [4.78, 5) is 10.1. The summed E-state index contributed by atoms with van der Waals surface area (Å²) in [6, 6.07) is 12.5. The predicted molar refractivity (Wildman–Crippen MR) is 113 cm³/mol. The molecule has 3 aliphatic heterocycles. The second-order valence-corrected chi connectivity index (χ2v) is 9.87. The van der Waals surface area contributed by atoms with Gasteiger partial charge in [0.05, 0.1) is 0 Å². The van der Waals surface area contributed by atoms with E-state index >= 15 is 0 Å². The van der Waals surface area contributed by atoms with Crippen molar-refractivity contribution in [1.29, 1.82) is 0 Å². The van der Waals surface area contributed by atoms with Crippen LogP contribution < -0.4 is 4.90 Å². The fourth-order valence-electron chi connectivity index (χ4n) is 6.36. The van der Waals surface area contributed by atoms with Crippen LogP contribution in [0.15, 0.2) is 34.9 Å². The molecule has 4 fully saturated rings. The molecule has 0 spiro atoms. The molecule has 29 heavy (non-hydrogen) atoms. The van der Waals surface area contributed by atoms with Crippen molar-refractivity contribution in [3.63, 3.8) is 0 Å². The highest BCUT2D eigenvalue weighted by Crippen LogP contribution is 2.41. The highest BCUT2D eigenvalue weighted by Gasteiger charge is 2.45. The lowest BCUT2D eigenvalue weighted by atomic mass is 9.74. The fraction of sp³-hybridized carbons (Fsp3) is 0.667. The van der Waals surface area contributed by atoms with Crippen molar-refractivity contribution in [1.82, 2.24) is 15.0 Å². The molecule has 3 saturated heterocycles. The van der Waals surface area contributed by atoms with Gasteiger partial charge in [-0.3, -0.25) is 4.90 Å². The van der Waals surface area contributed by atoms with Gasteiger partial charge < -0.3 is 9.42 Å². The van der Waals surface area contributed by atoms with Crippen LogP contribution in [0, 0.1) is 11.8 Å². The van der Waals surface area contributed by atoms with Crippen molar-refractivity contribution in [2.75, 3.05) is 24.5 Å². The molecule has 1 aromatic heterocycles. The second-order valence-electron chi connectivity index (χ2n) is 9.87. The molecule has 0 radical (unpaired) electrons. The van der Waals surface area contributed by atoms with E-state index in [2.05, 4.69) is 45.3 Å². The van der Waals surface area contributed by atoms with E-state index in [0.717, 1.165) is 42.8 Å². The number of aromatic nitrogens is 2. The lowest BCUT2D eigenvalue weighted by molar-refractivity contribution is -0.0189. The van der Waals surface area contributed by atoms with Crippen LogP contribution in [0.25, 0.3) is 0 Å². The number of hydrogen-bond acceptors (Lipinski definition) is 5. The summed E-state index contributed by atoms with van der Waals surface area (Å²) in [6.45, 7) is 3.42. The maximum absolute atomic E-state index is 5.62. The van der Waals surface area contributed by atoms with Gasteiger partial charge in [-0.15, -0.1) is 0 Å². The van der Waals surface area contributed by atoms with Crippen molar-refractivity contribution in [3.8, 4) is 0 Å². The number of rotatable bonds is 4. The van der Waals surface area contributed by atoms with E-state index in [1.807, 2.05) is 0 Å². The Morgan fingerprint density at radius 1 is 0.966 bits per heavy atom. The summed E-state index contributed by atoms with van der Waals surface area (Å²) >= 11 is 0. The van der Waals surface area contributed by atoms with Gasteiger partial charge in [-0.1, -0.05) is 43.2 Å². The second kappa shape index (κ2) is 7.42. The highest BCUT2D eigenvalue weighted by molar-refractivity contribution is 5.31. The fourth-order valence-corrected chi connectivity index (χ4v) is 6.36. The quantitative estimate of drug-likeness (QED) is 0.778. The van der Waals surface area contributed by atoms with Crippen molar-refractivity contribution < 1.29 is 4.52 Å². The van der Waals surface area contributed by atoms with Crippen molar-refractivity contribution in [3.05, 3.63) is 41.8 Å². The van der Waals surface area contributed by atoms with Crippen LogP contribution in [0.2, 0.25) is 0 Å². The smallest absolute Gasteiger partial charge is 0.266 e. The van der Waals surface area contributed by atoms with Crippen LogP contribution >= 0.6 is 0 Å². The topological polar surface area (TPSA) is 45.4 Å². The summed E-state index contributed by atoms with van der Waals surface area (Å²) in [5, 5.41) is 4.37. The van der Waals surface area contributed by atoms with E-state index in [0.29, 0.717) is 12.0 Å². The molecule has 6 rings (SSSR count). The average molecular weight is 393 g/mol. The Morgan fingerprint density at radius 3 is 2.66 bits per heavy atom. The average Bonchev–Trinajstić information content (AvgIpc) is 3.17. The predicted octanol–water partition coefficient (Wildman–Crippen LogP) is 4.26. The minimum absolute atomic E-state index is 0.521. The normalized spacial score (nSPS) is 32.6. The zero-order valence-electron chi connectivity index (χ0n) is 17.2. The summed E-state index contributed by atoms with van der Waals surface area (Å²) in [5.41, 5.74) is 1.49. The minimum Gasteiger partial charge on any atom is -0.338 e. The van der Waals surface area contributed by atoms with Gasteiger partial charge in [-0.25, -0.2) is 0 Å². The van der Waals surface area contributed by atoms with Gasteiger partial charge >= 0.3 is 0 Å². The first-order valence-corrected chi connectivity index (χ1v) is 11.7. The molecule has 1 aromatic carbocycles. The Hall–Kier alpha value is -1.88. The monoisotopic (exact) mass is 392 g/mol. The number of benzene rings is 1. The third-order valence-electron chi connectivity index (χ3n) is 8.00. The molecule has 4 atom stereocenters. The van der Waals surface area contributed by atoms with Gasteiger partial charge in [0.1, 0.15) is 0 Å². The maximum atomic E-state index is 5.62. The molecule has 2 aromatic rings. The van der Waals surface area contributed by atoms with E-state index in [-0.39, 0.29) is 0 Å². The number of piperidine rings is 3. The van der Waals surface area contributed by atoms with Crippen molar-refractivity contribution in [2.45, 2.75) is 69.4 Å². The molecule has 5 heteroatoms. The van der Waals surface area contributed by atoms with Gasteiger partial charge in [0.15, 0.2) is 0 Å². The van der Waals surface area contributed by atoms with Crippen LogP contribution in [-0.2, 0) is 6.42 Å². The molecule has 1 aliphatic carbocycles. The van der Waals surface area contributed by atoms with Crippen LogP contribution in [0.4, 0.5) is 5.95 Å². The molecule has 0 unspecified atom stereocenters. The summed E-state index contributed by atoms with van der Waals surface area (Å²) < 4.78 is 5.62. The SMILES string of the molecule is c1ccc(C[C@H]2CCC[C@H]3[C@@H]4C[C@@H](CN(c5noc(C6CCC6)n5)C4)CN23)cc1. The lowest BCUT2D eigenvalue weighted by Crippen LogP contribution is -2.62. The lowest BCUT2D eigenvalue weighted by Gasteiger charge is -2.55. The van der Waals surface area contributed by atoms with Gasteiger partial charge in [0.25, 0.3) is 5.95 Å². The Balaban J connectivity index is 1.17. The van der Waals surface area contributed by atoms with Crippen molar-refractivity contribution >= 4 is 5.95 Å². The maximum Gasteiger partial charge on any atom is 0.266 e. The van der Waals surface area contributed by atoms with Crippen LogP contribution in [-0.4, -0.2) is 46.8 Å². The molecule has 4 aliphatic rings. The van der Waals surface area contributed by atoms with E-state index in [1.165, 1.54) is 63.5 Å². The Bertz CT molecular complexity index is 832. The Kier molecular flexibility index (Phi) is 4.59. The zero-order valence-corrected chi connectivity index (χ0v) is 17.2. The van der Waals surface area contributed by atoms with E-state index in [9.17, 15) is 0 Å². The highest BCUT2D eigenvalue weighted by atomic mass is 16.5.